The predicted octanol–water partition coefficient (Wildman–Crippen LogP) is 6.09. The SMILES string of the molecule is CCC(C)C(O)(Cc1cc2cnccc2[nH]1)CC(C)(CC)c1cc(F)ccc1C. The third-order valence-electron chi connectivity index (χ3n) is 6.83. The van der Waals surface area contributed by atoms with Gasteiger partial charge in [0, 0.05) is 35.4 Å². The second-order valence-electron chi connectivity index (χ2n) is 8.90. The van der Waals surface area contributed by atoms with Crippen LogP contribution in [0.25, 0.3) is 10.9 Å². The Balaban J connectivity index is 1.99. The molecule has 29 heavy (non-hydrogen) atoms. The summed E-state index contributed by atoms with van der Waals surface area (Å²) in [5.41, 5.74) is 2.86. The van der Waals surface area contributed by atoms with Gasteiger partial charge in [-0.2, -0.15) is 0 Å². The molecular weight excluding hydrogens is 363 g/mol. The summed E-state index contributed by atoms with van der Waals surface area (Å²) in [6.45, 7) is 10.5. The lowest BCUT2D eigenvalue weighted by Crippen LogP contribution is -2.45. The molecule has 2 heterocycles. The van der Waals surface area contributed by atoms with Gasteiger partial charge >= 0.3 is 0 Å². The van der Waals surface area contributed by atoms with Crippen molar-refractivity contribution in [3.05, 3.63) is 65.4 Å². The van der Waals surface area contributed by atoms with Gasteiger partial charge in [0.15, 0.2) is 0 Å². The Morgan fingerprint density at radius 1 is 1.21 bits per heavy atom. The van der Waals surface area contributed by atoms with E-state index in [9.17, 15) is 9.50 Å². The number of rotatable bonds is 8. The molecule has 4 heteroatoms. The van der Waals surface area contributed by atoms with E-state index in [4.69, 9.17) is 0 Å². The zero-order valence-corrected chi connectivity index (χ0v) is 18.2. The van der Waals surface area contributed by atoms with Crippen LogP contribution >= 0.6 is 0 Å². The van der Waals surface area contributed by atoms with Crippen molar-refractivity contribution < 1.29 is 9.50 Å². The van der Waals surface area contributed by atoms with Gasteiger partial charge in [0.25, 0.3) is 0 Å². The van der Waals surface area contributed by atoms with E-state index >= 15 is 0 Å². The highest BCUT2D eigenvalue weighted by Crippen LogP contribution is 2.42. The maximum atomic E-state index is 14.1. The van der Waals surface area contributed by atoms with E-state index in [-0.39, 0.29) is 17.2 Å². The normalized spacial score (nSPS) is 17.1. The average molecular weight is 397 g/mol. The monoisotopic (exact) mass is 396 g/mol. The molecule has 3 unspecified atom stereocenters. The summed E-state index contributed by atoms with van der Waals surface area (Å²) in [6.07, 6.45) is 6.41. The van der Waals surface area contributed by atoms with Gasteiger partial charge in [0.2, 0.25) is 0 Å². The first-order chi connectivity index (χ1) is 13.7. The Bertz CT molecular complexity index is 949. The number of nitrogens with one attached hydrogen (secondary N) is 1. The molecule has 0 spiro atoms. The molecule has 0 aliphatic heterocycles. The Kier molecular flexibility index (Phi) is 6.13. The highest BCUT2D eigenvalue weighted by Gasteiger charge is 2.41. The molecular formula is C25H33FN2O. The number of nitrogens with zero attached hydrogens (tertiary/aromatic N) is 1. The number of pyridine rings is 1. The van der Waals surface area contributed by atoms with Crippen molar-refractivity contribution >= 4 is 10.9 Å². The Morgan fingerprint density at radius 3 is 2.62 bits per heavy atom. The lowest BCUT2D eigenvalue weighted by Gasteiger charge is -2.42. The number of halogens is 1. The Labute approximate surface area is 173 Å². The van der Waals surface area contributed by atoms with Crippen LogP contribution in [-0.4, -0.2) is 20.7 Å². The minimum atomic E-state index is -0.910. The first kappa shape index (κ1) is 21.5. The number of hydrogen-bond donors (Lipinski definition) is 2. The lowest BCUT2D eigenvalue weighted by atomic mass is 9.66. The fourth-order valence-electron chi connectivity index (χ4n) is 4.58. The molecule has 2 N–H and O–H groups in total. The lowest BCUT2D eigenvalue weighted by molar-refractivity contribution is -0.0393. The number of H-pyrrole nitrogens is 1. The molecule has 0 bridgehead atoms. The molecule has 3 rings (SSSR count). The fraction of sp³-hybridized carbons (Fsp3) is 0.480. The zero-order valence-electron chi connectivity index (χ0n) is 18.2. The molecule has 0 aliphatic carbocycles. The fourth-order valence-corrected chi connectivity index (χ4v) is 4.58. The van der Waals surface area contributed by atoms with Crippen molar-refractivity contribution in [2.75, 3.05) is 0 Å². The average Bonchev–Trinajstić information content (AvgIpc) is 3.10. The van der Waals surface area contributed by atoms with Crippen molar-refractivity contribution in [2.45, 2.75) is 71.3 Å². The van der Waals surface area contributed by atoms with Gasteiger partial charge in [-0.1, -0.05) is 40.2 Å². The second kappa shape index (κ2) is 8.27. The van der Waals surface area contributed by atoms with E-state index in [1.54, 1.807) is 12.3 Å². The number of aryl methyl sites for hydroxylation is 1. The van der Waals surface area contributed by atoms with E-state index in [2.05, 4.69) is 43.7 Å². The first-order valence-electron chi connectivity index (χ1n) is 10.6. The van der Waals surface area contributed by atoms with Gasteiger partial charge in [-0.15, -0.1) is 0 Å². The van der Waals surface area contributed by atoms with Crippen LogP contribution in [0.1, 0.15) is 63.8 Å². The van der Waals surface area contributed by atoms with E-state index in [0.29, 0.717) is 12.8 Å². The molecule has 0 radical (unpaired) electrons. The molecule has 3 aromatic rings. The molecule has 2 aromatic heterocycles. The van der Waals surface area contributed by atoms with Gasteiger partial charge in [-0.05, 0) is 66.5 Å². The quantitative estimate of drug-likeness (QED) is 0.484. The van der Waals surface area contributed by atoms with E-state index in [0.717, 1.165) is 40.6 Å². The van der Waals surface area contributed by atoms with Crippen molar-refractivity contribution in [2.24, 2.45) is 5.92 Å². The van der Waals surface area contributed by atoms with Crippen LogP contribution in [0.4, 0.5) is 4.39 Å². The van der Waals surface area contributed by atoms with Gasteiger partial charge in [0.05, 0.1) is 5.60 Å². The maximum absolute atomic E-state index is 14.1. The topological polar surface area (TPSA) is 48.9 Å². The van der Waals surface area contributed by atoms with Crippen molar-refractivity contribution in [1.29, 1.82) is 0 Å². The van der Waals surface area contributed by atoms with Gasteiger partial charge in [-0.3, -0.25) is 4.98 Å². The number of aliphatic hydroxyl groups is 1. The highest BCUT2D eigenvalue weighted by atomic mass is 19.1. The highest BCUT2D eigenvalue weighted by molar-refractivity contribution is 5.79. The number of aromatic nitrogens is 2. The van der Waals surface area contributed by atoms with Crippen molar-refractivity contribution in [3.8, 4) is 0 Å². The number of aromatic amines is 1. The molecule has 3 atom stereocenters. The van der Waals surface area contributed by atoms with E-state index in [1.165, 1.54) is 6.07 Å². The van der Waals surface area contributed by atoms with Crippen LogP contribution < -0.4 is 0 Å². The molecule has 0 fully saturated rings. The standard InChI is InChI=1S/C25H33FN2O/c1-6-18(4)25(29,14-21-12-19-15-27-11-10-23(19)28-21)16-24(5,7-2)22-13-20(26)9-8-17(22)3/h8-13,15,18,28-29H,6-7,14,16H2,1-5H3. The number of benzene rings is 1. The van der Waals surface area contributed by atoms with E-state index in [1.807, 2.05) is 25.3 Å². The second-order valence-corrected chi connectivity index (χ2v) is 8.90. The molecule has 1 aromatic carbocycles. The molecule has 3 nitrogen and oxygen atoms in total. The summed E-state index contributed by atoms with van der Waals surface area (Å²) in [7, 11) is 0. The van der Waals surface area contributed by atoms with Crippen LogP contribution in [0.3, 0.4) is 0 Å². The smallest absolute Gasteiger partial charge is 0.123 e. The summed E-state index contributed by atoms with van der Waals surface area (Å²) in [4.78, 5) is 7.62. The molecule has 0 saturated heterocycles. The van der Waals surface area contributed by atoms with Crippen molar-refractivity contribution in [3.63, 3.8) is 0 Å². The minimum Gasteiger partial charge on any atom is -0.389 e. The summed E-state index contributed by atoms with van der Waals surface area (Å²) >= 11 is 0. The molecule has 0 saturated carbocycles. The maximum Gasteiger partial charge on any atom is 0.123 e. The Morgan fingerprint density at radius 2 is 1.97 bits per heavy atom. The van der Waals surface area contributed by atoms with Crippen LogP contribution in [0, 0.1) is 18.7 Å². The largest absolute Gasteiger partial charge is 0.389 e. The zero-order chi connectivity index (χ0) is 21.2. The van der Waals surface area contributed by atoms with Crippen LogP contribution in [-0.2, 0) is 11.8 Å². The van der Waals surface area contributed by atoms with Crippen LogP contribution in [0.2, 0.25) is 0 Å². The number of hydrogen-bond acceptors (Lipinski definition) is 2. The molecule has 0 aliphatic rings. The van der Waals surface area contributed by atoms with Crippen LogP contribution in [0.15, 0.2) is 42.7 Å². The van der Waals surface area contributed by atoms with Crippen molar-refractivity contribution in [1.82, 2.24) is 9.97 Å². The molecule has 0 amide bonds. The number of fused-ring (bicyclic) bond motifs is 1. The van der Waals surface area contributed by atoms with E-state index < -0.39 is 5.60 Å². The summed E-state index contributed by atoms with van der Waals surface area (Å²) in [5.74, 6) is -0.118. The first-order valence-corrected chi connectivity index (χ1v) is 10.6. The third kappa shape index (κ3) is 4.37. The van der Waals surface area contributed by atoms with Gasteiger partial charge < -0.3 is 10.1 Å². The minimum absolute atomic E-state index is 0.103. The summed E-state index contributed by atoms with van der Waals surface area (Å²) < 4.78 is 14.1. The summed E-state index contributed by atoms with van der Waals surface area (Å²) in [6, 6.07) is 9.02. The van der Waals surface area contributed by atoms with Crippen LogP contribution in [0.5, 0.6) is 0 Å². The van der Waals surface area contributed by atoms with Gasteiger partial charge in [0.1, 0.15) is 5.82 Å². The summed E-state index contributed by atoms with van der Waals surface area (Å²) in [5, 5.41) is 13.0. The third-order valence-corrected chi connectivity index (χ3v) is 6.83. The molecule has 156 valence electrons. The van der Waals surface area contributed by atoms with Gasteiger partial charge in [-0.25, -0.2) is 4.39 Å². The predicted molar refractivity (Wildman–Crippen MR) is 118 cm³/mol. The Hall–Kier alpha value is -2.20.